The van der Waals surface area contributed by atoms with E-state index in [-0.39, 0.29) is 11.9 Å². The number of hydrogen-bond donors (Lipinski definition) is 2. The molecule has 2 aromatic rings. The van der Waals surface area contributed by atoms with Crippen LogP contribution in [0.2, 0.25) is 0 Å². The maximum atomic E-state index is 12.3. The molecular weight excluding hydrogens is 288 g/mol. The number of para-hydroxylation sites is 1. The lowest BCUT2D eigenvalue weighted by molar-refractivity contribution is 0.0932. The molecule has 5 nitrogen and oxygen atoms in total. The number of rotatable bonds is 4. The Bertz CT molecular complexity index is 619. The van der Waals surface area contributed by atoms with E-state index in [1.54, 1.807) is 12.4 Å². The first-order valence-corrected chi connectivity index (χ1v) is 8.26. The predicted octanol–water partition coefficient (Wildman–Crippen LogP) is 3.67. The molecule has 1 aromatic heterocycles. The molecule has 0 atom stereocenters. The van der Waals surface area contributed by atoms with E-state index in [0.29, 0.717) is 11.5 Å². The Balaban J connectivity index is 1.58. The molecule has 1 aliphatic carbocycles. The highest BCUT2D eigenvalue weighted by molar-refractivity contribution is 5.93. The van der Waals surface area contributed by atoms with Gasteiger partial charge >= 0.3 is 0 Å². The number of nitrogens with one attached hydrogen (secondary N) is 2. The molecular formula is C18H22N4O. The Hall–Kier alpha value is -2.43. The smallest absolute Gasteiger partial charge is 0.254 e. The van der Waals surface area contributed by atoms with Crippen LogP contribution in [-0.2, 0) is 0 Å². The average molecular weight is 310 g/mol. The summed E-state index contributed by atoms with van der Waals surface area (Å²) in [5.41, 5.74) is 1.43. The Morgan fingerprint density at radius 1 is 0.957 bits per heavy atom. The molecule has 120 valence electrons. The highest BCUT2D eigenvalue weighted by Gasteiger charge is 2.16. The topological polar surface area (TPSA) is 66.9 Å². The lowest BCUT2D eigenvalue weighted by Crippen LogP contribution is -2.34. The van der Waals surface area contributed by atoms with Gasteiger partial charge in [-0.25, -0.2) is 9.97 Å². The maximum absolute atomic E-state index is 12.3. The third-order valence-corrected chi connectivity index (χ3v) is 4.13. The summed E-state index contributed by atoms with van der Waals surface area (Å²) in [6, 6.07) is 10.00. The van der Waals surface area contributed by atoms with Crippen molar-refractivity contribution in [3.63, 3.8) is 0 Å². The fraction of sp³-hybridized carbons (Fsp3) is 0.389. The van der Waals surface area contributed by atoms with Crippen molar-refractivity contribution >= 4 is 17.5 Å². The Morgan fingerprint density at radius 3 is 2.26 bits per heavy atom. The van der Waals surface area contributed by atoms with Crippen LogP contribution in [0.1, 0.15) is 48.9 Å². The summed E-state index contributed by atoms with van der Waals surface area (Å²) in [5.74, 6) is 0.408. The molecule has 0 unspecified atom stereocenters. The third-order valence-electron chi connectivity index (χ3n) is 4.13. The van der Waals surface area contributed by atoms with Gasteiger partial charge in [-0.05, 0) is 25.0 Å². The summed E-state index contributed by atoms with van der Waals surface area (Å²) in [6.45, 7) is 0. The second kappa shape index (κ2) is 7.72. The minimum absolute atomic E-state index is 0.0804. The predicted molar refractivity (Wildman–Crippen MR) is 90.7 cm³/mol. The minimum Gasteiger partial charge on any atom is -0.349 e. The lowest BCUT2D eigenvalue weighted by atomic mass is 10.1. The van der Waals surface area contributed by atoms with E-state index < -0.39 is 0 Å². The van der Waals surface area contributed by atoms with E-state index in [1.165, 1.54) is 25.7 Å². The van der Waals surface area contributed by atoms with Crippen molar-refractivity contribution in [2.75, 3.05) is 5.32 Å². The Kier molecular flexibility index (Phi) is 5.19. The van der Waals surface area contributed by atoms with E-state index in [1.807, 2.05) is 30.3 Å². The molecule has 1 aliphatic rings. The summed E-state index contributed by atoms with van der Waals surface area (Å²) in [7, 11) is 0. The Labute approximate surface area is 136 Å². The summed E-state index contributed by atoms with van der Waals surface area (Å²) in [6.07, 6.45) is 10.2. The van der Waals surface area contributed by atoms with Crippen LogP contribution < -0.4 is 10.6 Å². The van der Waals surface area contributed by atoms with Gasteiger partial charge in [0.1, 0.15) is 0 Å². The zero-order chi connectivity index (χ0) is 15.9. The van der Waals surface area contributed by atoms with E-state index in [9.17, 15) is 4.79 Å². The van der Waals surface area contributed by atoms with Gasteiger partial charge in [0.2, 0.25) is 5.95 Å². The molecule has 2 N–H and O–H groups in total. The van der Waals surface area contributed by atoms with Crippen molar-refractivity contribution in [1.82, 2.24) is 15.3 Å². The second-order valence-corrected chi connectivity index (χ2v) is 5.95. The van der Waals surface area contributed by atoms with Gasteiger partial charge in [-0.15, -0.1) is 0 Å². The van der Waals surface area contributed by atoms with E-state index in [2.05, 4.69) is 20.6 Å². The number of benzene rings is 1. The number of anilines is 2. The molecule has 1 aromatic carbocycles. The first kappa shape index (κ1) is 15.5. The van der Waals surface area contributed by atoms with Gasteiger partial charge in [-0.2, -0.15) is 0 Å². The number of carbonyl (C=O) groups is 1. The van der Waals surface area contributed by atoms with Crippen LogP contribution in [0, 0.1) is 0 Å². The highest BCUT2D eigenvalue weighted by Crippen LogP contribution is 2.17. The van der Waals surface area contributed by atoms with Crippen molar-refractivity contribution in [3.8, 4) is 0 Å². The molecule has 1 saturated carbocycles. The second-order valence-electron chi connectivity index (χ2n) is 5.95. The van der Waals surface area contributed by atoms with Crippen LogP contribution in [0.3, 0.4) is 0 Å². The number of hydrogen-bond acceptors (Lipinski definition) is 4. The van der Waals surface area contributed by atoms with E-state index in [0.717, 1.165) is 18.5 Å². The van der Waals surface area contributed by atoms with Crippen LogP contribution in [0.4, 0.5) is 11.6 Å². The zero-order valence-corrected chi connectivity index (χ0v) is 13.2. The molecule has 1 heterocycles. The van der Waals surface area contributed by atoms with Gasteiger partial charge in [-0.1, -0.05) is 43.9 Å². The van der Waals surface area contributed by atoms with Gasteiger partial charge in [-0.3, -0.25) is 4.79 Å². The minimum atomic E-state index is -0.0804. The van der Waals surface area contributed by atoms with Crippen LogP contribution in [0.15, 0.2) is 42.7 Å². The van der Waals surface area contributed by atoms with Gasteiger partial charge in [0, 0.05) is 24.1 Å². The highest BCUT2D eigenvalue weighted by atomic mass is 16.1. The molecule has 23 heavy (non-hydrogen) atoms. The summed E-state index contributed by atoms with van der Waals surface area (Å²) in [5, 5.41) is 6.21. The van der Waals surface area contributed by atoms with Gasteiger partial charge < -0.3 is 10.6 Å². The lowest BCUT2D eigenvalue weighted by Gasteiger charge is -2.16. The largest absolute Gasteiger partial charge is 0.349 e. The molecule has 0 aliphatic heterocycles. The van der Waals surface area contributed by atoms with Crippen LogP contribution in [0.25, 0.3) is 0 Å². The standard InChI is InChI=1S/C18H22N4O/c23-17(21-15-8-4-1-2-5-9-15)14-12-19-18(20-13-14)22-16-10-6-3-7-11-16/h3,6-7,10-13,15H,1-2,4-5,8-9H2,(H,21,23)(H,19,20,22). The number of amides is 1. The SMILES string of the molecule is O=C(NC1CCCCCC1)c1cnc(Nc2ccccc2)nc1. The first-order chi connectivity index (χ1) is 11.3. The summed E-state index contributed by atoms with van der Waals surface area (Å²) >= 11 is 0. The van der Waals surface area contributed by atoms with Crippen LogP contribution in [-0.4, -0.2) is 21.9 Å². The molecule has 1 amide bonds. The quantitative estimate of drug-likeness (QED) is 0.846. The molecule has 3 rings (SSSR count). The molecule has 1 fully saturated rings. The third kappa shape index (κ3) is 4.52. The van der Waals surface area contributed by atoms with E-state index >= 15 is 0 Å². The molecule has 0 bridgehead atoms. The summed E-state index contributed by atoms with van der Waals surface area (Å²) in [4.78, 5) is 20.7. The first-order valence-electron chi connectivity index (χ1n) is 8.26. The average Bonchev–Trinajstić information content (AvgIpc) is 2.85. The van der Waals surface area contributed by atoms with Gasteiger partial charge in [0.05, 0.1) is 5.56 Å². The van der Waals surface area contributed by atoms with Crippen LogP contribution >= 0.6 is 0 Å². The fourth-order valence-corrected chi connectivity index (χ4v) is 2.85. The van der Waals surface area contributed by atoms with E-state index in [4.69, 9.17) is 0 Å². The van der Waals surface area contributed by atoms with Crippen molar-refractivity contribution in [2.24, 2.45) is 0 Å². The number of carbonyl (C=O) groups excluding carboxylic acids is 1. The molecule has 0 spiro atoms. The fourth-order valence-electron chi connectivity index (χ4n) is 2.85. The van der Waals surface area contributed by atoms with Crippen molar-refractivity contribution in [3.05, 3.63) is 48.3 Å². The number of nitrogens with zero attached hydrogens (tertiary/aromatic N) is 2. The van der Waals surface area contributed by atoms with Crippen molar-refractivity contribution in [2.45, 2.75) is 44.6 Å². The van der Waals surface area contributed by atoms with Crippen LogP contribution in [0.5, 0.6) is 0 Å². The molecule has 0 radical (unpaired) electrons. The van der Waals surface area contributed by atoms with Gasteiger partial charge in [0.25, 0.3) is 5.91 Å². The maximum Gasteiger partial charge on any atom is 0.254 e. The van der Waals surface area contributed by atoms with Crippen molar-refractivity contribution in [1.29, 1.82) is 0 Å². The summed E-state index contributed by atoms with van der Waals surface area (Å²) < 4.78 is 0. The number of aromatic nitrogens is 2. The molecule has 0 saturated heterocycles. The monoisotopic (exact) mass is 310 g/mol. The molecule has 5 heteroatoms. The zero-order valence-electron chi connectivity index (χ0n) is 13.2. The van der Waals surface area contributed by atoms with Gasteiger partial charge in [0.15, 0.2) is 0 Å². The normalized spacial score (nSPS) is 15.7. The van der Waals surface area contributed by atoms with Crippen molar-refractivity contribution < 1.29 is 4.79 Å². The Morgan fingerprint density at radius 2 is 1.61 bits per heavy atom.